The van der Waals surface area contributed by atoms with E-state index in [1.165, 1.54) is 87.7 Å². The molecule has 5 heteroatoms. The van der Waals surface area contributed by atoms with Crippen molar-refractivity contribution in [1.29, 1.82) is 0 Å². The van der Waals surface area contributed by atoms with Gasteiger partial charge in [0.15, 0.2) is 0 Å². The largest absolute Gasteiger partial charge is 0.459 e. The fourth-order valence-electron chi connectivity index (χ4n) is 5.29. The fraction of sp³-hybridized carbons (Fsp3) is 0.708. The monoisotopic (exact) mass is 420 g/mol. The molecule has 1 saturated carbocycles. The molecule has 0 radical (unpaired) electrons. The number of esters is 1. The van der Waals surface area contributed by atoms with Crippen molar-refractivity contribution in [2.75, 3.05) is 13.7 Å². The summed E-state index contributed by atoms with van der Waals surface area (Å²) in [5.74, 6) is 0.325. The van der Waals surface area contributed by atoms with Crippen LogP contribution in [0.5, 0.6) is 0 Å². The lowest BCUT2D eigenvalue weighted by Crippen LogP contribution is -2.33. The third-order valence-electron chi connectivity index (χ3n) is 7.09. The smallest absolute Gasteiger partial charge is 0.338 e. The minimum absolute atomic E-state index is 0.0553. The quantitative estimate of drug-likeness (QED) is 0.273. The van der Waals surface area contributed by atoms with E-state index in [0.717, 1.165) is 30.9 Å². The standard InChI is InChI=1S/C24H37FO3Si/c1-27-16-4-2-3-5-19-6-12-23(13-7-19)29-17-14-22(15-18-29)28-24(26)20-8-10-21(25)11-9-20/h8-11,19,22-23,29H,2-7,12-18H2,1H3. The molecule has 0 unspecified atom stereocenters. The van der Waals surface area contributed by atoms with E-state index in [-0.39, 0.29) is 17.9 Å². The van der Waals surface area contributed by atoms with Gasteiger partial charge in [0, 0.05) is 22.5 Å². The number of hydrogen-bond acceptors (Lipinski definition) is 3. The van der Waals surface area contributed by atoms with Crippen LogP contribution in [0.1, 0.15) is 74.6 Å². The van der Waals surface area contributed by atoms with Crippen LogP contribution in [0, 0.1) is 11.7 Å². The van der Waals surface area contributed by atoms with Gasteiger partial charge in [-0.3, -0.25) is 0 Å². The first-order valence-corrected chi connectivity index (χ1v) is 13.9. The fourth-order valence-corrected chi connectivity index (χ4v) is 9.45. The molecule has 0 spiro atoms. The maximum Gasteiger partial charge on any atom is 0.338 e. The highest BCUT2D eigenvalue weighted by Gasteiger charge is 2.32. The molecule has 3 nitrogen and oxygen atoms in total. The van der Waals surface area contributed by atoms with Gasteiger partial charge in [0.25, 0.3) is 0 Å². The van der Waals surface area contributed by atoms with E-state index in [1.54, 1.807) is 7.11 Å². The van der Waals surface area contributed by atoms with Crippen LogP contribution in [-0.4, -0.2) is 34.6 Å². The molecule has 2 fully saturated rings. The van der Waals surface area contributed by atoms with Crippen molar-refractivity contribution in [2.45, 2.75) is 87.9 Å². The SMILES string of the molecule is COCCCCCC1CCC([SiH]2CCC(OC(=O)c3ccc(F)cc3)CC2)CC1. The summed E-state index contributed by atoms with van der Waals surface area (Å²) in [6, 6.07) is 8.27. The maximum atomic E-state index is 13.0. The summed E-state index contributed by atoms with van der Waals surface area (Å²) in [6.07, 6.45) is 13.1. The Morgan fingerprint density at radius 1 is 1.00 bits per heavy atom. The van der Waals surface area contributed by atoms with E-state index in [2.05, 4.69) is 0 Å². The zero-order valence-corrected chi connectivity index (χ0v) is 19.1. The highest BCUT2D eigenvalue weighted by molar-refractivity contribution is 6.60. The molecule has 3 rings (SSSR count). The third kappa shape index (κ3) is 7.21. The van der Waals surface area contributed by atoms with Crippen LogP contribution in [0.3, 0.4) is 0 Å². The molecule has 0 amide bonds. The zero-order valence-electron chi connectivity index (χ0n) is 17.9. The van der Waals surface area contributed by atoms with E-state index in [1.807, 2.05) is 0 Å². The second-order valence-corrected chi connectivity index (χ2v) is 12.7. The second kappa shape index (κ2) is 11.8. The van der Waals surface area contributed by atoms with Gasteiger partial charge in [0.1, 0.15) is 11.9 Å². The number of hydrogen-bond donors (Lipinski definition) is 0. The molecule has 29 heavy (non-hydrogen) atoms. The highest BCUT2D eigenvalue weighted by atomic mass is 28.3. The van der Waals surface area contributed by atoms with Gasteiger partial charge < -0.3 is 9.47 Å². The Morgan fingerprint density at radius 2 is 1.69 bits per heavy atom. The summed E-state index contributed by atoms with van der Waals surface area (Å²) < 4.78 is 23.8. The van der Waals surface area contributed by atoms with Gasteiger partial charge in [0.2, 0.25) is 0 Å². The molecular formula is C24H37FO3Si. The predicted molar refractivity (Wildman–Crippen MR) is 118 cm³/mol. The molecular weight excluding hydrogens is 383 g/mol. The van der Waals surface area contributed by atoms with Crippen molar-refractivity contribution in [3.05, 3.63) is 35.6 Å². The van der Waals surface area contributed by atoms with Crippen LogP contribution >= 0.6 is 0 Å². The molecule has 2 aliphatic rings. The zero-order chi connectivity index (χ0) is 20.5. The average Bonchev–Trinajstić information content (AvgIpc) is 2.75. The number of halogens is 1. The summed E-state index contributed by atoms with van der Waals surface area (Å²) in [5, 5.41) is 0. The van der Waals surface area contributed by atoms with Gasteiger partial charge in [-0.2, -0.15) is 0 Å². The number of carbonyl (C=O) groups is 1. The van der Waals surface area contributed by atoms with Gasteiger partial charge in [-0.15, -0.1) is 0 Å². The number of carbonyl (C=O) groups excluding carboxylic acids is 1. The topological polar surface area (TPSA) is 35.5 Å². The number of benzene rings is 1. The molecule has 0 aromatic heterocycles. The van der Waals surface area contributed by atoms with Gasteiger partial charge >= 0.3 is 5.97 Å². The maximum absolute atomic E-state index is 13.0. The molecule has 1 aliphatic carbocycles. The van der Waals surface area contributed by atoms with E-state index < -0.39 is 8.80 Å². The van der Waals surface area contributed by atoms with Crippen molar-refractivity contribution in [1.82, 2.24) is 0 Å². The third-order valence-corrected chi connectivity index (χ3v) is 11.2. The summed E-state index contributed by atoms with van der Waals surface area (Å²) in [5.41, 5.74) is 1.46. The lowest BCUT2D eigenvalue weighted by Gasteiger charge is -2.37. The van der Waals surface area contributed by atoms with Crippen LogP contribution in [0.4, 0.5) is 4.39 Å². The first-order chi connectivity index (χ1) is 14.2. The molecule has 0 N–H and O–H groups in total. The molecule has 1 aliphatic heterocycles. The minimum atomic E-state index is -0.699. The van der Waals surface area contributed by atoms with Crippen LogP contribution in [0.2, 0.25) is 17.6 Å². The first-order valence-electron chi connectivity index (χ1n) is 11.6. The van der Waals surface area contributed by atoms with Crippen molar-refractivity contribution >= 4 is 14.8 Å². The molecule has 1 heterocycles. The molecule has 1 aromatic rings. The predicted octanol–water partition coefficient (Wildman–Crippen LogP) is 6.14. The van der Waals surface area contributed by atoms with Gasteiger partial charge in [-0.1, -0.05) is 57.0 Å². The van der Waals surface area contributed by atoms with Crippen molar-refractivity contribution < 1.29 is 18.7 Å². The number of ether oxygens (including phenoxy) is 2. The average molecular weight is 421 g/mol. The van der Waals surface area contributed by atoms with Crippen molar-refractivity contribution in [3.63, 3.8) is 0 Å². The summed E-state index contributed by atoms with van der Waals surface area (Å²) in [4.78, 5) is 12.2. The number of unbranched alkanes of at least 4 members (excludes halogenated alkanes) is 2. The Balaban J connectivity index is 1.32. The van der Waals surface area contributed by atoms with E-state index in [4.69, 9.17) is 9.47 Å². The van der Waals surface area contributed by atoms with Crippen molar-refractivity contribution in [3.8, 4) is 0 Å². The molecule has 0 atom stereocenters. The van der Waals surface area contributed by atoms with Crippen LogP contribution in [0.25, 0.3) is 0 Å². The lowest BCUT2D eigenvalue weighted by atomic mass is 9.85. The van der Waals surface area contributed by atoms with E-state index in [9.17, 15) is 9.18 Å². The Morgan fingerprint density at radius 3 is 2.34 bits per heavy atom. The van der Waals surface area contributed by atoms with Gasteiger partial charge in [-0.05, 0) is 55.0 Å². The Kier molecular flexibility index (Phi) is 9.18. The Bertz CT molecular complexity index is 605. The van der Waals surface area contributed by atoms with Gasteiger partial charge in [-0.25, -0.2) is 9.18 Å². The van der Waals surface area contributed by atoms with Crippen LogP contribution in [-0.2, 0) is 9.47 Å². The molecule has 0 bridgehead atoms. The Hall–Kier alpha value is -1.20. The van der Waals surface area contributed by atoms with E-state index >= 15 is 0 Å². The highest BCUT2D eigenvalue weighted by Crippen LogP contribution is 2.41. The molecule has 1 saturated heterocycles. The van der Waals surface area contributed by atoms with E-state index in [0.29, 0.717) is 5.56 Å². The molecule has 1 aromatic carbocycles. The normalized spacial score (nSPS) is 27.5. The van der Waals surface area contributed by atoms with Gasteiger partial charge in [0.05, 0.1) is 5.56 Å². The van der Waals surface area contributed by atoms with Crippen molar-refractivity contribution in [2.24, 2.45) is 5.92 Å². The Labute approximate surface area is 177 Å². The summed E-state index contributed by atoms with van der Waals surface area (Å²) in [6.45, 7) is 0.903. The summed E-state index contributed by atoms with van der Waals surface area (Å²) >= 11 is 0. The first kappa shape index (κ1) is 22.5. The minimum Gasteiger partial charge on any atom is -0.459 e. The lowest BCUT2D eigenvalue weighted by molar-refractivity contribution is 0.0272. The number of rotatable bonds is 9. The van der Waals surface area contributed by atoms with Crippen LogP contribution in [0.15, 0.2) is 24.3 Å². The molecule has 162 valence electrons. The van der Waals surface area contributed by atoms with Crippen LogP contribution < -0.4 is 0 Å². The second-order valence-electron chi connectivity index (χ2n) is 9.07. The number of methoxy groups -OCH3 is 1. The summed E-state index contributed by atoms with van der Waals surface area (Å²) in [7, 11) is 1.09.